The van der Waals surface area contributed by atoms with E-state index in [4.69, 9.17) is 25.5 Å². The summed E-state index contributed by atoms with van der Waals surface area (Å²) in [6, 6.07) is 20.7. The monoisotopic (exact) mass is 577 g/mol. The molecule has 0 saturated carbocycles. The number of fused-ring (bicyclic) bond motifs is 2. The first-order valence-electron chi connectivity index (χ1n) is 13.5. The van der Waals surface area contributed by atoms with Crippen molar-refractivity contribution in [3.05, 3.63) is 95.8 Å². The van der Waals surface area contributed by atoms with E-state index in [0.717, 1.165) is 5.57 Å². The van der Waals surface area contributed by atoms with Gasteiger partial charge in [-0.05, 0) is 34.8 Å². The molecule has 1 saturated heterocycles. The van der Waals surface area contributed by atoms with Crippen molar-refractivity contribution in [2.45, 2.75) is 63.7 Å². The summed E-state index contributed by atoms with van der Waals surface area (Å²) in [5.74, 6) is -1.28. The van der Waals surface area contributed by atoms with Gasteiger partial charge in [-0.2, -0.15) is 0 Å². The van der Waals surface area contributed by atoms with Crippen LogP contribution in [0.5, 0.6) is 0 Å². The van der Waals surface area contributed by atoms with Gasteiger partial charge in [-0.3, -0.25) is 0 Å². The molecule has 3 atom stereocenters. The highest BCUT2D eigenvalue weighted by Gasteiger charge is 2.54. The number of hydrogen-bond donors (Lipinski definition) is 0. The molecule has 2 aromatic carbocycles. The van der Waals surface area contributed by atoms with E-state index in [-0.39, 0.29) is 33.8 Å². The zero-order valence-electron chi connectivity index (χ0n) is 23.3. The zero-order valence-corrected chi connectivity index (χ0v) is 25.0. The number of aromatic nitrogens is 3. The summed E-state index contributed by atoms with van der Waals surface area (Å²) >= 11 is 6.24. The number of halogens is 2. The molecule has 0 bridgehead atoms. The van der Waals surface area contributed by atoms with Gasteiger partial charge in [0.25, 0.3) is 8.32 Å². The highest BCUT2D eigenvalue weighted by Crippen LogP contribution is 2.45. The Bertz CT molecular complexity index is 1530. The summed E-state index contributed by atoms with van der Waals surface area (Å²) < 4.78 is 36.8. The van der Waals surface area contributed by atoms with Crippen LogP contribution in [0.15, 0.2) is 84.8 Å². The number of ether oxygens (including phenoxy) is 2. The van der Waals surface area contributed by atoms with E-state index in [1.165, 1.54) is 22.9 Å². The van der Waals surface area contributed by atoms with Crippen molar-refractivity contribution in [2.75, 3.05) is 6.61 Å². The third-order valence-corrected chi connectivity index (χ3v) is 13.2. The van der Waals surface area contributed by atoms with Gasteiger partial charge in [0.05, 0.1) is 18.0 Å². The molecule has 1 aliphatic carbocycles. The van der Waals surface area contributed by atoms with E-state index in [1.807, 2.05) is 26.0 Å². The third-order valence-electron chi connectivity index (χ3n) is 7.93. The van der Waals surface area contributed by atoms with E-state index < -0.39 is 19.9 Å². The minimum absolute atomic E-state index is 0.0823. The van der Waals surface area contributed by atoms with Crippen LogP contribution in [0.4, 0.5) is 4.39 Å². The van der Waals surface area contributed by atoms with Crippen molar-refractivity contribution in [2.24, 2.45) is 0 Å². The molecule has 2 aliphatic rings. The van der Waals surface area contributed by atoms with Gasteiger partial charge in [-0.25, -0.2) is 14.4 Å². The predicted octanol–water partition coefficient (Wildman–Crippen LogP) is 5.80. The topological polar surface area (TPSA) is 58.4 Å². The molecule has 0 spiro atoms. The first kappa shape index (κ1) is 27.3. The Balaban J connectivity index is 1.44. The molecule has 1 aliphatic heterocycles. The van der Waals surface area contributed by atoms with Crippen molar-refractivity contribution in [3.8, 4) is 0 Å². The van der Waals surface area contributed by atoms with Crippen LogP contribution in [0.3, 0.4) is 0 Å². The van der Waals surface area contributed by atoms with E-state index >= 15 is 4.39 Å². The molecular formula is C31H33ClFN3O3Si. The van der Waals surface area contributed by atoms with Crippen LogP contribution < -0.4 is 10.4 Å². The van der Waals surface area contributed by atoms with Crippen LogP contribution in [0.25, 0.3) is 11.0 Å². The molecule has 6 nitrogen and oxygen atoms in total. The molecule has 6 rings (SSSR count). The fraction of sp³-hybridized carbons (Fsp3) is 0.355. The van der Waals surface area contributed by atoms with E-state index in [9.17, 15) is 0 Å². The Hall–Kier alpha value is -2.88. The van der Waals surface area contributed by atoms with E-state index in [0.29, 0.717) is 12.3 Å². The number of rotatable bonds is 6. The number of benzene rings is 2. The smallest absolute Gasteiger partial charge is 0.261 e. The minimum atomic E-state index is -2.79. The molecule has 0 amide bonds. The van der Waals surface area contributed by atoms with Crippen LogP contribution >= 0.6 is 11.6 Å². The van der Waals surface area contributed by atoms with Gasteiger partial charge >= 0.3 is 0 Å². The summed E-state index contributed by atoms with van der Waals surface area (Å²) in [5, 5.41) is 2.51. The van der Waals surface area contributed by atoms with Crippen molar-refractivity contribution in [1.82, 2.24) is 14.5 Å². The summed E-state index contributed by atoms with van der Waals surface area (Å²) in [4.78, 5) is 8.32. The maximum Gasteiger partial charge on any atom is 0.261 e. The SMILES string of the molecule is CC1(C)O[C@@H]2[C@H](O1)C(CO[Si](c1ccccc1)(c1ccccc1)C(C)(C)C)=C[C@H]2n1cc(F)c2c(Cl)ncnc21. The van der Waals surface area contributed by atoms with Crippen LogP contribution in [-0.4, -0.2) is 47.5 Å². The van der Waals surface area contributed by atoms with Gasteiger partial charge in [-0.15, -0.1) is 0 Å². The van der Waals surface area contributed by atoms with Crippen molar-refractivity contribution in [3.63, 3.8) is 0 Å². The molecule has 4 aromatic rings. The van der Waals surface area contributed by atoms with E-state index in [2.05, 4.69) is 85.3 Å². The summed E-state index contributed by atoms with van der Waals surface area (Å²) in [6.07, 6.45) is 4.12. The lowest BCUT2D eigenvalue weighted by atomic mass is 10.1. The average Bonchev–Trinajstić information content (AvgIpc) is 3.53. The van der Waals surface area contributed by atoms with Crippen LogP contribution in [0.1, 0.15) is 40.7 Å². The lowest BCUT2D eigenvalue weighted by Gasteiger charge is -2.43. The van der Waals surface area contributed by atoms with Crippen LogP contribution in [0.2, 0.25) is 10.2 Å². The van der Waals surface area contributed by atoms with Gasteiger partial charge in [0.15, 0.2) is 11.6 Å². The van der Waals surface area contributed by atoms with Crippen LogP contribution in [-0.2, 0) is 13.9 Å². The molecule has 0 radical (unpaired) electrons. The van der Waals surface area contributed by atoms with Crippen molar-refractivity contribution >= 4 is 41.3 Å². The van der Waals surface area contributed by atoms with Gasteiger partial charge < -0.3 is 18.5 Å². The standard InChI is InChI=1S/C31H33ClFN3O3Si/c1-30(2,3)40(21-12-8-6-9-13-21,22-14-10-7-11-15-22)37-18-20-16-24(27-26(20)38-31(4,5)39-27)36-17-23(33)25-28(32)34-19-35-29(25)36/h6-17,19,24,26-27H,18H2,1-5H3/t24-,26-,27+/m1/s1. The highest BCUT2D eigenvalue weighted by atomic mass is 35.5. The second-order valence-corrected chi connectivity index (χ2v) is 16.6. The summed E-state index contributed by atoms with van der Waals surface area (Å²) in [6.45, 7) is 10.9. The maximum absolute atomic E-state index is 15.0. The van der Waals surface area contributed by atoms with Crippen molar-refractivity contribution in [1.29, 1.82) is 0 Å². The number of nitrogens with zero attached hydrogens (tertiary/aromatic N) is 3. The predicted molar refractivity (Wildman–Crippen MR) is 157 cm³/mol. The molecular weight excluding hydrogens is 545 g/mol. The Labute approximate surface area is 239 Å². The fourth-order valence-electron chi connectivity index (χ4n) is 6.29. The Kier molecular flexibility index (Phi) is 6.75. The van der Waals surface area contributed by atoms with Gasteiger partial charge in [0.2, 0.25) is 0 Å². The third kappa shape index (κ3) is 4.42. The molecule has 0 N–H and O–H groups in total. The quantitative estimate of drug-likeness (QED) is 0.165. The van der Waals surface area contributed by atoms with Crippen LogP contribution in [0, 0.1) is 5.82 Å². The Morgan fingerprint density at radius 2 is 1.62 bits per heavy atom. The molecule has 0 unspecified atom stereocenters. The zero-order chi connectivity index (χ0) is 28.3. The fourth-order valence-corrected chi connectivity index (χ4v) is 11.0. The lowest BCUT2D eigenvalue weighted by Crippen LogP contribution is -2.66. The largest absolute Gasteiger partial charge is 0.403 e. The minimum Gasteiger partial charge on any atom is -0.403 e. The second kappa shape index (κ2) is 9.89. The second-order valence-electron chi connectivity index (χ2n) is 12.0. The molecule has 40 heavy (non-hydrogen) atoms. The van der Waals surface area contributed by atoms with E-state index in [1.54, 1.807) is 4.57 Å². The van der Waals surface area contributed by atoms with Gasteiger partial charge in [0.1, 0.15) is 29.3 Å². The Morgan fingerprint density at radius 1 is 1.00 bits per heavy atom. The Morgan fingerprint density at radius 3 is 2.23 bits per heavy atom. The highest BCUT2D eigenvalue weighted by molar-refractivity contribution is 6.99. The molecule has 2 aromatic heterocycles. The molecule has 9 heteroatoms. The normalized spacial score (nSPS) is 22.5. The lowest BCUT2D eigenvalue weighted by molar-refractivity contribution is -0.148. The molecule has 208 valence electrons. The summed E-state index contributed by atoms with van der Waals surface area (Å²) in [7, 11) is -2.79. The summed E-state index contributed by atoms with van der Waals surface area (Å²) in [5.41, 5.74) is 1.39. The molecule has 1 fully saturated rings. The number of hydrogen-bond acceptors (Lipinski definition) is 5. The van der Waals surface area contributed by atoms with Crippen molar-refractivity contribution < 1.29 is 18.3 Å². The first-order valence-corrected chi connectivity index (χ1v) is 15.8. The maximum atomic E-state index is 15.0. The van der Waals surface area contributed by atoms with Gasteiger partial charge in [0, 0.05) is 6.20 Å². The van der Waals surface area contributed by atoms with Gasteiger partial charge in [-0.1, -0.05) is 99.1 Å². The first-order chi connectivity index (χ1) is 19.0. The average molecular weight is 578 g/mol. The molecule has 3 heterocycles.